The third-order valence-corrected chi connectivity index (χ3v) is 13.2. The quantitative estimate of drug-likeness (QED) is 0.0588. The minimum atomic E-state index is -0.611. The average molecular weight is 1210 g/mol. The van der Waals surface area contributed by atoms with Gasteiger partial charge in [-0.2, -0.15) is 10.2 Å². The zero-order valence-corrected chi connectivity index (χ0v) is 48.0. The van der Waals surface area contributed by atoms with E-state index in [1.807, 2.05) is 119 Å². The molecule has 0 bridgehead atoms. The van der Waals surface area contributed by atoms with Crippen molar-refractivity contribution in [3.8, 4) is 17.6 Å². The van der Waals surface area contributed by atoms with Crippen molar-refractivity contribution in [3.05, 3.63) is 208 Å². The Bertz CT molecular complexity index is 3680. The molecule has 22 heteroatoms. The van der Waals surface area contributed by atoms with E-state index in [1.54, 1.807) is 26.2 Å². The lowest BCUT2D eigenvalue weighted by Gasteiger charge is -2.13. The van der Waals surface area contributed by atoms with Crippen molar-refractivity contribution in [1.29, 1.82) is 0 Å². The number of ether oxygens (including phenoxy) is 5. The standard InChI is InChI=1S/C16H13BrN2O3.C15H12N4O.C15H15N3O2.C9H6BrClN2O2.C2H6/c1-10-13(17)12(16(20)21-3)14(18-2)15(19-10)22-9-11-7-5-4-6-8-11;1-10-13-12(8-17-19-13)14(16-2)15(18-10)20-9-11-6-4-3-5-7-11;1-10-14-12(7-16-18-14)13(8-19)15(17-10)20-9-11-5-3-2-4-6-11;1-4-6(10)5(9(14)15-3)7(12-2)8(11)13-4;1-2/h4-8H,9H2,1,3H3;3-8H,9H2,1H3,(H,17,19);2-7,19H,8-9H2,1H3,(H,16,18);1,3H3;1-2H3. The van der Waals surface area contributed by atoms with Crippen molar-refractivity contribution in [1.82, 2.24) is 40.3 Å². The molecule has 19 nitrogen and oxygen atoms in total. The Hall–Kier alpha value is -8.78. The van der Waals surface area contributed by atoms with Crippen LogP contribution in [0.3, 0.4) is 0 Å². The second-order valence-electron chi connectivity index (χ2n) is 16.0. The number of hydrogen-bond acceptors (Lipinski definition) is 14. The number of aliphatic hydroxyl groups excluding tert-OH is 1. The molecule has 9 aromatic rings. The highest BCUT2D eigenvalue weighted by Gasteiger charge is 2.25. The Morgan fingerprint density at radius 1 is 0.557 bits per heavy atom. The molecule has 0 fully saturated rings. The smallest absolute Gasteiger partial charge is 0.328 e. The van der Waals surface area contributed by atoms with E-state index in [-0.39, 0.29) is 46.7 Å². The molecule has 0 saturated carbocycles. The van der Waals surface area contributed by atoms with Gasteiger partial charge in [-0.15, -0.1) is 0 Å². The zero-order chi connectivity index (χ0) is 57.6. The summed E-state index contributed by atoms with van der Waals surface area (Å²) in [6.45, 7) is 33.7. The maximum atomic E-state index is 11.9. The van der Waals surface area contributed by atoms with Gasteiger partial charge in [-0.25, -0.2) is 39.1 Å². The number of aromatic nitrogens is 8. The summed E-state index contributed by atoms with van der Waals surface area (Å²) in [4.78, 5) is 50.3. The predicted octanol–water partition coefficient (Wildman–Crippen LogP) is 14.0. The third kappa shape index (κ3) is 15.5. The van der Waals surface area contributed by atoms with Crippen LogP contribution in [-0.2, 0) is 35.9 Å². The molecule has 9 rings (SSSR count). The first-order valence-electron chi connectivity index (χ1n) is 23.8. The summed E-state index contributed by atoms with van der Waals surface area (Å²) in [6, 6.07) is 29.2. The monoisotopic (exact) mass is 1210 g/mol. The molecule has 0 aliphatic rings. The number of aliphatic hydroxyl groups is 1. The summed E-state index contributed by atoms with van der Waals surface area (Å²) in [5.41, 5.74) is 8.67. The SMILES string of the molecule is CC.Cc1nc(OCc2ccccc2)c(CO)c2cn[nH]c12.[C-]#[N+]c1c(Cl)nc(C)c(Br)c1C(=O)OC.[C-]#[N+]c1c(OCc2ccccc2)nc(C)c(Br)c1C(=O)OC.[C-]#[N+]c1c(OCc2ccccc2)nc(C)c2[nH]ncc12. The zero-order valence-electron chi connectivity index (χ0n) is 44.1. The van der Waals surface area contributed by atoms with Crippen molar-refractivity contribution in [3.63, 3.8) is 0 Å². The number of hydrogen-bond donors (Lipinski definition) is 3. The van der Waals surface area contributed by atoms with Crippen LogP contribution in [0.5, 0.6) is 17.6 Å². The molecule has 0 saturated heterocycles. The lowest BCUT2D eigenvalue weighted by atomic mass is 10.1. The molecule has 0 aliphatic heterocycles. The van der Waals surface area contributed by atoms with Gasteiger partial charge in [0.05, 0.1) is 97.2 Å². The van der Waals surface area contributed by atoms with E-state index in [2.05, 4.69) is 91.5 Å². The highest BCUT2D eigenvalue weighted by Crippen LogP contribution is 2.39. The fourth-order valence-electron chi connectivity index (χ4n) is 7.12. The summed E-state index contributed by atoms with van der Waals surface area (Å²) in [7, 11) is 2.51. The van der Waals surface area contributed by atoms with Crippen LogP contribution in [0, 0.1) is 47.4 Å². The van der Waals surface area contributed by atoms with E-state index < -0.39 is 11.9 Å². The number of aryl methyl sites for hydroxylation is 4. The fraction of sp³-hybridized carbons (Fsp3) is 0.211. The predicted molar refractivity (Wildman–Crippen MR) is 307 cm³/mol. The van der Waals surface area contributed by atoms with Crippen LogP contribution in [0.25, 0.3) is 36.3 Å². The summed E-state index contributed by atoms with van der Waals surface area (Å²) in [6.07, 6.45) is 3.32. The van der Waals surface area contributed by atoms with E-state index >= 15 is 0 Å². The normalized spacial score (nSPS) is 10.0. The van der Waals surface area contributed by atoms with Crippen LogP contribution >= 0.6 is 43.5 Å². The van der Waals surface area contributed by atoms with Crippen LogP contribution in [0.1, 0.15) is 79.6 Å². The molecule has 3 aromatic carbocycles. The molecule has 0 radical (unpaired) electrons. The van der Waals surface area contributed by atoms with Gasteiger partial charge in [0.15, 0.2) is 0 Å². The number of benzene rings is 3. The molecular weight excluding hydrogens is 1160 g/mol. The first kappa shape index (κ1) is 61.1. The number of nitrogens with one attached hydrogen (secondary N) is 2. The Balaban J connectivity index is 0.000000193. The number of aromatic amines is 2. The third-order valence-electron chi connectivity index (χ3n) is 11.0. The first-order valence-corrected chi connectivity index (χ1v) is 25.8. The van der Waals surface area contributed by atoms with Gasteiger partial charge in [-0.05, 0) is 76.2 Å². The Morgan fingerprint density at radius 2 is 0.924 bits per heavy atom. The molecule has 0 spiro atoms. The highest BCUT2D eigenvalue weighted by molar-refractivity contribution is 9.11. The van der Waals surface area contributed by atoms with Crippen molar-refractivity contribution in [2.24, 2.45) is 0 Å². The Morgan fingerprint density at radius 3 is 1.35 bits per heavy atom. The van der Waals surface area contributed by atoms with Crippen LogP contribution in [0.2, 0.25) is 5.15 Å². The van der Waals surface area contributed by atoms with Crippen molar-refractivity contribution >= 4 is 94.3 Å². The molecule has 0 unspecified atom stereocenters. The van der Waals surface area contributed by atoms with E-state index in [0.29, 0.717) is 56.6 Å². The van der Waals surface area contributed by atoms with Gasteiger partial charge in [0.1, 0.15) is 25.0 Å². The number of carbonyl (C=O) groups is 2. The fourth-order valence-corrected chi connectivity index (χ4v) is 8.26. The lowest BCUT2D eigenvalue weighted by molar-refractivity contribution is 0.0591. The molecule has 3 N–H and O–H groups in total. The van der Waals surface area contributed by atoms with Crippen LogP contribution in [0.4, 0.5) is 17.1 Å². The average Bonchev–Trinajstić information content (AvgIpc) is 4.21. The number of pyridine rings is 4. The Kier molecular flexibility index (Phi) is 23.4. The van der Waals surface area contributed by atoms with Crippen LogP contribution in [-0.4, -0.2) is 71.6 Å². The van der Waals surface area contributed by atoms with Crippen molar-refractivity contribution < 1.29 is 38.4 Å². The van der Waals surface area contributed by atoms with Crippen molar-refractivity contribution in [2.75, 3.05) is 14.2 Å². The largest absolute Gasteiger partial charge is 0.481 e. The van der Waals surface area contributed by atoms with Crippen LogP contribution < -0.4 is 14.2 Å². The summed E-state index contributed by atoms with van der Waals surface area (Å²) < 4.78 is 27.3. The highest BCUT2D eigenvalue weighted by atomic mass is 79.9. The van der Waals surface area contributed by atoms with Crippen molar-refractivity contribution in [2.45, 2.75) is 68.0 Å². The minimum absolute atomic E-state index is 0.000918. The summed E-state index contributed by atoms with van der Waals surface area (Å²) in [5, 5.41) is 24.9. The maximum absolute atomic E-state index is 11.9. The van der Waals surface area contributed by atoms with Gasteiger partial charge < -0.3 is 28.8 Å². The number of esters is 2. The molecule has 404 valence electrons. The molecule has 6 aromatic heterocycles. The van der Waals surface area contributed by atoms with E-state index in [9.17, 15) is 14.7 Å². The lowest BCUT2D eigenvalue weighted by Crippen LogP contribution is -2.07. The second-order valence-corrected chi connectivity index (χ2v) is 18.0. The molecule has 0 aliphatic carbocycles. The molecule has 0 amide bonds. The number of methoxy groups -OCH3 is 2. The Labute approximate surface area is 478 Å². The molecule has 0 atom stereocenters. The topological polar surface area (TPSA) is 223 Å². The maximum Gasteiger partial charge on any atom is 0.328 e. The number of carbonyl (C=O) groups excluding carboxylic acids is 2. The molecule has 79 heavy (non-hydrogen) atoms. The van der Waals surface area contributed by atoms with Gasteiger partial charge >= 0.3 is 11.9 Å². The number of rotatable bonds is 12. The summed E-state index contributed by atoms with van der Waals surface area (Å²) in [5.74, 6) is -0.272. The summed E-state index contributed by atoms with van der Waals surface area (Å²) >= 11 is 12.2. The van der Waals surface area contributed by atoms with E-state index in [1.165, 1.54) is 14.2 Å². The number of fused-ring (bicyclic) bond motifs is 2. The van der Waals surface area contributed by atoms with Gasteiger partial charge in [0.25, 0.3) is 11.4 Å². The number of H-pyrrole nitrogens is 2. The van der Waals surface area contributed by atoms with E-state index in [4.69, 9.17) is 50.3 Å². The van der Waals surface area contributed by atoms with Gasteiger partial charge in [0.2, 0.25) is 23.3 Å². The van der Waals surface area contributed by atoms with Gasteiger partial charge in [-0.1, -0.05) is 116 Å². The van der Waals surface area contributed by atoms with Crippen LogP contribution in [0.15, 0.2) is 112 Å². The van der Waals surface area contributed by atoms with Gasteiger partial charge in [-0.3, -0.25) is 15.2 Å². The van der Waals surface area contributed by atoms with Gasteiger partial charge in [0, 0.05) is 25.9 Å². The molecule has 6 heterocycles. The molecular formula is C57H52Br2ClN11O8. The van der Waals surface area contributed by atoms with E-state index in [0.717, 1.165) is 49.9 Å². The first-order chi connectivity index (χ1) is 38.2. The number of halogens is 3. The number of nitrogens with zero attached hydrogens (tertiary/aromatic N) is 9. The second kappa shape index (κ2) is 30.2. The minimum Gasteiger partial charge on any atom is -0.481 e.